The van der Waals surface area contributed by atoms with E-state index in [0.717, 1.165) is 12.2 Å². The Morgan fingerprint density at radius 2 is 2.33 bits per heavy atom. The SMILES string of the molecule is CCOCC(=O)NCC1COc2ccccc2C1. The van der Waals surface area contributed by atoms with E-state index >= 15 is 0 Å². The third-order valence-electron chi connectivity index (χ3n) is 2.98. The van der Waals surface area contributed by atoms with Crippen LogP contribution in [-0.2, 0) is 16.0 Å². The Labute approximate surface area is 107 Å². The highest BCUT2D eigenvalue weighted by Crippen LogP contribution is 2.26. The van der Waals surface area contributed by atoms with Gasteiger partial charge in [0.05, 0.1) is 6.61 Å². The summed E-state index contributed by atoms with van der Waals surface area (Å²) in [4.78, 5) is 11.4. The van der Waals surface area contributed by atoms with Crippen LogP contribution in [0.25, 0.3) is 0 Å². The molecule has 0 spiro atoms. The monoisotopic (exact) mass is 249 g/mol. The molecular weight excluding hydrogens is 230 g/mol. The summed E-state index contributed by atoms with van der Waals surface area (Å²) in [6.45, 7) is 3.87. The molecule has 1 N–H and O–H groups in total. The number of hydrogen-bond donors (Lipinski definition) is 1. The lowest BCUT2D eigenvalue weighted by molar-refractivity contribution is -0.125. The van der Waals surface area contributed by atoms with Gasteiger partial charge >= 0.3 is 0 Å². The van der Waals surface area contributed by atoms with Crippen molar-refractivity contribution < 1.29 is 14.3 Å². The van der Waals surface area contributed by atoms with Gasteiger partial charge in [0, 0.05) is 19.1 Å². The average Bonchev–Trinajstić information content (AvgIpc) is 2.42. The molecule has 1 aliphatic rings. The second kappa shape index (κ2) is 6.40. The fraction of sp³-hybridized carbons (Fsp3) is 0.500. The van der Waals surface area contributed by atoms with Gasteiger partial charge in [-0.15, -0.1) is 0 Å². The van der Waals surface area contributed by atoms with Gasteiger partial charge in [-0.2, -0.15) is 0 Å². The van der Waals surface area contributed by atoms with Crippen LogP contribution in [0.1, 0.15) is 12.5 Å². The molecule has 0 saturated heterocycles. The molecule has 18 heavy (non-hydrogen) atoms. The first-order valence-electron chi connectivity index (χ1n) is 6.34. The first kappa shape index (κ1) is 12.9. The summed E-state index contributed by atoms with van der Waals surface area (Å²) in [5.74, 6) is 1.25. The molecule has 0 radical (unpaired) electrons. The summed E-state index contributed by atoms with van der Waals surface area (Å²) in [7, 11) is 0. The van der Waals surface area contributed by atoms with Crippen LogP contribution in [-0.4, -0.2) is 32.3 Å². The maximum atomic E-state index is 11.4. The summed E-state index contributed by atoms with van der Waals surface area (Å²) in [5.41, 5.74) is 1.22. The lowest BCUT2D eigenvalue weighted by Gasteiger charge is -2.25. The summed E-state index contributed by atoms with van der Waals surface area (Å²) < 4.78 is 10.7. The average molecular weight is 249 g/mol. The zero-order valence-electron chi connectivity index (χ0n) is 10.6. The van der Waals surface area contributed by atoms with E-state index in [9.17, 15) is 4.79 Å². The standard InChI is InChI=1S/C14H19NO3/c1-2-17-10-14(16)15-8-11-7-12-5-3-4-6-13(12)18-9-11/h3-6,11H,2,7-10H2,1H3,(H,15,16). The number of benzene rings is 1. The Morgan fingerprint density at radius 1 is 1.50 bits per heavy atom. The van der Waals surface area contributed by atoms with Gasteiger partial charge < -0.3 is 14.8 Å². The number of rotatable bonds is 5. The highest BCUT2D eigenvalue weighted by atomic mass is 16.5. The lowest BCUT2D eigenvalue weighted by atomic mass is 9.97. The number of hydrogen-bond acceptors (Lipinski definition) is 3. The van der Waals surface area contributed by atoms with Crippen molar-refractivity contribution in [1.29, 1.82) is 0 Å². The van der Waals surface area contributed by atoms with E-state index in [1.165, 1.54) is 5.56 Å². The van der Waals surface area contributed by atoms with Crippen molar-refractivity contribution in [3.63, 3.8) is 0 Å². The van der Waals surface area contributed by atoms with Crippen molar-refractivity contribution in [1.82, 2.24) is 5.32 Å². The minimum Gasteiger partial charge on any atom is -0.493 e. The van der Waals surface area contributed by atoms with Crippen molar-refractivity contribution in [2.75, 3.05) is 26.4 Å². The maximum absolute atomic E-state index is 11.4. The van der Waals surface area contributed by atoms with E-state index in [-0.39, 0.29) is 12.5 Å². The fourth-order valence-corrected chi connectivity index (χ4v) is 2.03. The van der Waals surface area contributed by atoms with Crippen molar-refractivity contribution in [3.05, 3.63) is 29.8 Å². The second-order valence-electron chi connectivity index (χ2n) is 4.43. The van der Waals surface area contributed by atoms with Crippen LogP contribution in [0, 0.1) is 5.92 Å². The van der Waals surface area contributed by atoms with E-state index in [1.54, 1.807) is 0 Å². The first-order valence-corrected chi connectivity index (χ1v) is 6.34. The van der Waals surface area contributed by atoms with Crippen LogP contribution in [0.5, 0.6) is 5.75 Å². The number of carbonyl (C=O) groups excluding carboxylic acids is 1. The summed E-state index contributed by atoms with van der Waals surface area (Å²) in [6.07, 6.45) is 0.949. The molecule has 1 aromatic rings. The maximum Gasteiger partial charge on any atom is 0.246 e. The van der Waals surface area contributed by atoms with Crippen molar-refractivity contribution in [2.45, 2.75) is 13.3 Å². The topological polar surface area (TPSA) is 47.6 Å². The van der Waals surface area contributed by atoms with Crippen LogP contribution in [0.15, 0.2) is 24.3 Å². The molecule has 1 atom stereocenters. The molecule has 98 valence electrons. The number of para-hydroxylation sites is 1. The van der Waals surface area contributed by atoms with Gasteiger partial charge in [0.1, 0.15) is 12.4 Å². The molecule has 0 fully saturated rings. The summed E-state index contributed by atoms with van der Waals surface area (Å²) in [6, 6.07) is 8.05. The number of nitrogens with one attached hydrogen (secondary N) is 1. The van der Waals surface area contributed by atoms with Crippen molar-refractivity contribution in [2.24, 2.45) is 5.92 Å². The molecular formula is C14H19NO3. The van der Waals surface area contributed by atoms with Gasteiger partial charge in [-0.25, -0.2) is 0 Å². The summed E-state index contributed by atoms with van der Waals surface area (Å²) in [5, 5.41) is 2.87. The Kier molecular flexibility index (Phi) is 4.59. The second-order valence-corrected chi connectivity index (χ2v) is 4.43. The minimum atomic E-state index is -0.0595. The predicted octanol–water partition coefficient (Wildman–Crippen LogP) is 1.39. The molecule has 1 aromatic carbocycles. The van der Waals surface area contributed by atoms with E-state index in [0.29, 0.717) is 25.7 Å². The molecule has 2 rings (SSSR count). The molecule has 0 aliphatic carbocycles. The van der Waals surface area contributed by atoms with Gasteiger partial charge in [0.25, 0.3) is 0 Å². The largest absolute Gasteiger partial charge is 0.493 e. The Hall–Kier alpha value is -1.55. The summed E-state index contributed by atoms with van der Waals surface area (Å²) >= 11 is 0. The molecule has 4 nitrogen and oxygen atoms in total. The third-order valence-corrected chi connectivity index (χ3v) is 2.98. The van der Waals surface area contributed by atoms with Crippen LogP contribution in [0.2, 0.25) is 0 Å². The minimum absolute atomic E-state index is 0.0595. The Balaban J connectivity index is 1.78. The van der Waals surface area contributed by atoms with E-state index in [2.05, 4.69) is 11.4 Å². The molecule has 1 aliphatic heterocycles. The first-order chi connectivity index (χ1) is 8.79. The third kappa shape index (κ3) is 3.47. The quantitative estimate of drug-likeness (QED) is 0.858. The Morgan fingerprint density at radius 3 is 3.17 bits per heavy atom. The van der Waals surface area contributed by atoms with Crippen molar-refractivity contribution >= 4 is 5.91 Å². The molecule has 4 heteroatoms. The fourth-order valence-electron chi connectivity index (χ4n) is 2.03. The zero-order valence-corrected chi connectivity index (χ0v) is 10.6. The van der Waals surface area contributed by atoms with Gasteiger partial charge in [0.15, 0.2) is 0 Å². The number of carbonyl (C=O) groups is 1. The van der Waals surface area contributed by atoms with Crippen LogP contribution in [0.3, 0.4) is 0 Å². The zero-order chi connectivity index (χ0) is 12.8. The highest BCUT2D eigenvalue weighted by Gasteiger charge is 2.19. The van der Waals surface area contributed by atoms with E-state index < -0.39 is 0 Å². The van der Waals surface area contributed by atoms with Crippen molar-refractivity contribution in [3.8, 4) is 5.75 Å². The van der Waals surface area contributed by atoms with E-state index in [1.807, 2.05) is 25.1 Å². The number of fused-ring (bicyclic) bond motifs is 1. The van der Waals surface area contributed by atoms with Crippen LogP contribution in [0.4, 0.5) is 0 Å². The molecule has 0 bridgehead atoms. The molecule has 0 saturated carbocycles. The van der Waals surface area contributed by atoms with Gasteiger partial charge in [-0.05, 0) is 25.0 Å². The highest BCUT2D eigenvalue weighted by molar-refractivity contribution is 5.77. The Bertz CT molecular complexity index is 406. The van der Waals surface area contributed by atoms with E-state index in [4.69, 9.17) is 9.47 Å². The number of amides is 1. The lowest BCUT2D eigenvalue weighted by Crippen LogP contribution is -2.36. The molecule has 1 unspecified atom stereocenters. The smallest absolute Gasteiger partial charge is 0.246 e. The molecule has 1 amide bonds. The molecule has 0 aromatic heterocycles. The molecule has 1 heterocycles. The van der Waals surface area contributed by atoms with Crippen LogP contribution < -0.4 is 10.1 Å². The number of ether oxygens (including phenoxy) is 2. The normalized spacial score (nSPS) is 17.7. The predicted molar refractivity (Wildman–Crippen MR) is 68.6 cm³/mol. The van der Waals surface area contributed by atoms with Gasteiger partial charge in [-0.1, -0.05) is 18.2 Å². The van der Waals surface area contributed by atoms with Gasteiger partial charge in [-0.3, -0.25) is 4.79 Å². The van der Waals surface area contributed by atoms with Crippen LogP contribution >= 0.6 is 0 Å². The van der Waals surface area contributed by atoms with Gasteiger partial charge in [0.2, 0.25) is 5.91 Å².